The first-order chi connectivity index (χ1) is 11.4. The number of hydrogen-bond acceptors (Lipinski definition) is 5. The topological polar surface area (TPSA) is 71.8 Å². The van der Waals surface area contributed by atoms with Crippen molar-refractivity contribution in [3.8, 4) is 6.07 Å². The SMILES string of the molecule is N#Cc1ccccc1N1CCN(c2ncnc3[nH]ccc23)CC1. The molecular formula is C17H16N6. The number of nitrogens with one attached hydrogen (secondary N) is 1. The van der Waals surface area contributed by atoms with E-state index in [9.17, 15) is 5.26 Å². The zero-order valence-corrected chi connectivity index (χ0v) is 12.6. The van der Waals surface area contributed by atoms with E-state index >= 15 is 0 Å². The average Bonchev–Trinajstić information content (AvgIpc) is 3.10. The summed E-state index contributed by atoms with van der Waals surface area (Å²) in [5.41, 5.74) is 2.62. The van der Waals surface area contributed by atoms with E-state index in [2.05, 4.69) is 30.8 Å². The Labute approximate surface area is 134 Å². The normalized spacial score (nSPS) is 14.9. The molecule has 114 valence electrons. The number of benzene rings is 1. The summed E-state index contributed by atoms with van der Waals surface area (Å²) in [4.78, 5) is 16.4. The highest BCUT2D eigenvalue weighted by Crippen LogP contribution is 2.25. The van der Waals surface area contributed by atoms with Crippen LogP contribution < -0.4 is 9.80 Å². The Hall–Kier alpha value is -3.07. The van der Waals surface area contributed by atoms with Gasteiger partial charge in [-0.2, -0.15) is 5.26 Å². The van der Waals surface area contributed by atoms with E-state index in [-0.39, 0.29) is 0 Å². The van der Waals surface area contributed by atoms with Gasteiger partial charge < -0.3 is 14.8 Å². The van der Waals surface area contributed by atoms with E-state index in [1.54, 1.807) is 6.33 Å². The zero-order valence-electron chi connectivity index (χ0n) is 12.6. The number of rotatable bonds is 2. The number of fused-ring (bicyclic) bond motifs is 1. The Kier molecular flexibility index (Phi) is 3.31. The summed E-state index contributed by atoms with van der Waals surface area (Å²) in [5.74, 6) is 0.976. The largest absolute Gasteiger partial charge is 0.367 e. The van der Waals surface area contributed by atoms with Gasteiger partial charge >= 0.3 is 0 Å². The smallest absolute Gasteiger partial charge is 0.142 e. The van der Waals surface area contributed by atoms with Crippen LogP contribution in [0.5, 0.6) is 0 Å². The van der Waals surface area contributed by atoms with Gasteiger partial charge in [0, 0.05) is 32.4 Å². The summed E-state index contributed by atoms with van der Waals surface area (Å²) in [6.45, 7) is 3.48. The van der Waals surface area contributed by atoms with Crippen LogP contribution in [0.15, 0.2) is 42.9 Å². The molecule has 3 heterocycles. The third kappa shape index (κ3) is 2.36. The molecule has 1 aliphatic rings. The summed E-state index contributed by atoms with van der Waals surface area (Å²) in [6, 6.07) is 12.1. The number of aromatic nitrogens is 3. The quantitative estimate of drug-likeness (QED) is 0.785. The van der Waals surface area contributed by atoms with Crippen LogP contribution in [0.1, 0.15) is 5.56 Å². The Balaban J connectivity index is 1.56. The monoisotopic (exact) mass is 304 g/mol. The number of H-pyrrole nitrogens is 1. The van der Waals surface area contributed by atoms with E-state index < -0.39 is 0 Å². The molecule has 6 heteroatoms. The Morgan fingerprint density at radius 1 is 1.00 bits per heavy atom. The molecule has 1 fully saturated rings. The molecule has 0 amide bonds. The Bertz CT molecular complexity index is 870. The van der Waals surface area contributed by atoms with Crippen molar-refractivity contribution in [2.24, 2.45) is 0 Å². The zero-order chi connectivity index (χ0) is 15.6. The van der Waals surface area contributed by atoms with Crippen molar-refractivity contribution in [3.05, 3.63) is 48.4 Å². The summed E-state index contributed by atoms with van der Waals surface area (Å²) < 4.78 is 0. The number of hydrogen-bond donors (Lipinski definition) is 1. The summed E-state index contributed by atoms with van der Waals surface area (Å²) >= 11 is 0. The molecule has 6 nitrogen and oxygen atoms in total. The van der Waals surface area contributed by atoms with Crippen molar-refractivity contribution in [2.75, 3.05) is 36.0 Å². The van der Waals surface area contributed by atoms with Gasteiger partial charge in [0.25, 0.3) is 0 Å². The number of nitriles is 1. The molecule has 4 rings (SSSR count). The predicted molar refractivity (Wildman–Crippen MR) is 89.5 cm³/mol. The fourth-order valence-corrected chi connectivity index (χ4v) is 3.11. The number of anilines is 2. The summed E-state index contributed by atoms with van der Waals surface area (Å²) in [6.07, 6.45) is 3.49. The van der Waals surface area contributed by atoms with Gasteiger partial charge in [0.15, 0.2) is 0 Å². The molecule has 0 radical (unpaired) electrons. The van der Waals surface area contributed by atoms with Gasteiger partial charge in [-0.1, -0.05) is 12.1 Å². The molecule has 0 saturated carbocycles. The second kappa shape index (κ2) is 5.61. The molecule has 1 saturated heterocycles. The molecule has 2 aromatic heterocycles. The van der Waals surface area contributed by atoms with Crippen molar-refractivity contribution in [3.63, 3.8) is 0 Å². The minimum absolute atomic E-state index is 0.732. The lowest BCUT2D eigenvalue weighted by atomic mass is 10.1. The Morgan fingerprint density at radius 3 is 2.61 bits per heavy atom. The second-order valence-corrected chi connectivity index (χ2v) is 5.54. The number of aromatic amines is 1. The van der Waals surface area contributed by atoms with Crippen LogP contribution >= 0.6 is 0 Å². The standard InChI is InChI=1S/C17H16N6/c18-11-13-3-1-2-4-15(13)22-7-9-23(10-8-22)17-14-5-6-19-16(14)20-12-21-17/h1-6,12H,7-10H2,(H,19,20,21). The highest BCUT2D eigenvalue weighted by atomic mass is 15.3. The molecule has 0 bridgehead atoms. The van der Waals surface area contributed by atoms with E-state index in [1.165, 1.54) is 0 Å². The first-order valence-electron chi connectivity index (χ1n) is 7.64. The highest BCUT2D eigenvalue weighted by Gasteiger charge is 2.21. The molecule has 0 unspecified atom stereocenters. The van der Waals surface area contributed by atoms with Crippen molar-refractivity contribution < 1.29 is 0 Å². The molecule has 3 aromatic rings. The first kappa shape index (κ1) is 13.6. The van der Waals surface area contributed by atoms with Crippen LogP contribution in [0.3, 0.4) is 0 Å². The van der Waals surface area contributed by atoms with Crippen LogP contribution in [0.25, 0.3) is 11.0 Å². The van der Waals surface area contributed by atoms with Crippen molar-refractivity contribution in [2.45, 2.75) is 0 Å². The minimum atomic E-state index is 0.732. The van der Waals surface area contributed by atoms with Gasteiger partial charge in [0.2, 0.25) is 0 Å². The molecular weight excluding hydrogens is 288 g/mol. The van der Waals surface area contributed by atoms with Gasteiger partial charge in [-0.25, -0.2) is 9.97 Å². The molecule has 1 N–H and O–H groups in total. The van der Waals surface area contributed by atoms with E-state index in [0.717, 1.165) is 54.3 Å². The third-order valence-electron chi connectivity index (χ3n) is 4.28. The van der Waals surface area contributed by atoms with Crippen molar-refractivity contribution >= 4 is 22.5 Å². The van der Waals surface area contributed by atoms with Gasteiger partial charge in [-0.05, 0) is 18.2 Å². The third-order valence-corrected chi connectivity index (χ3v) is 4.28. The molecule has 0 spiro atoms. The maximum absolute atomic E-state index is 9.27. The lowest BCUT2D eigenvalue weighted by molar-refractivity contribution is 0.648. The van der Waals surface area contributed by atoms with Gasteiger partial charge in [-0.15, -0.1) is 0 Å². The summed E-state index contributed by atoms with van der Waals surface area (Å²) in [7, 11) is 0. The fourth-order valence-electron chi connectivity index (χ4n) is 3.11. The maximum atomic E-state index is 9.27. The number of para-hydroxylation sites is 1. The lowest BCUT2D eigenvalue weighted by Crippen LogP contribution is -2.47. The van der Waals surface area contributed by atoms with Gasteiger partial charge in [-0.3, -0.25) is 0 Å². The molecule has 0 atom stereocenters. The lowest BCUT2D eigenvalue weighted by Gasteiger charge is -2.37. The van der Waals surface area contributed by atoms with E-state index in [1.807, 2.05) is 36.5 Å². The maximum Gasteiger partial charge on any atom is 0.142 e. The highest BCUT2D eigenvalue weighted by molar-refractivity contribution is 5.87. The van der Waals surface area contributed by atoms with Crippen LogP contribution in [-0.2, 0) is 0 Å². The predicted octanol–water partition coefficient (Wildman–Crippen LogP) is 2.16. The second-order valence-electron chi connectivity index (χ2n) is 5.54. The Morgan fingerprint density at radius 2 is 1.78 bits per heavy atom. The molecule has 1 aromatic carbocycles. The first-order valence-corrected chi connectivity index (χ1v) is 7.64. The molecule has 23 heavy (non-hydrogen) atoms. The van der Waals surface area contributed by atoms with Gasteiger partial charge in [0.05, 0.1) is 16.6 Å². The van der Waals surface area contributed by atoms with Gasteiger partial charge in [0.1, 0.15) is 23.9 Å². The average molecular weight is 304 g/mol. The molecule has 0 aliphatic carbocycles. The van der Waals surface area contributed by atoms with E-state index in [0.29, 0.717) is 0 Å². The minimum Gasteiger partial charge on any atom is -0.367 e. The van der Waals surface area contributed by atoms with Crippen LogP contribution in [-0.4, -0.2) is 41.1 Å². The van der Waals surface area contributed by atoms with Crippen LogP contribution in [0.2, 0.25) is 0 Å². The molecule has 1 aliphatic heterocycles. The number of piperazine rings is 1. The van der Waals surface area contributed by atoms with E-state index in [4.69, 9.17) is 0 Å². The summed E-state index contributed by atoms with van der Waals surface area (Å²) in [5, 5.41) is 10.3. The van der Waals surface area contributed by atoms with Crippen molar-refractivity contribution in [1.29, 1.82) is 5.26 Å². The number of nitrogens with zero attached hydrogens (tertiary/aromatic N) is 5. The van der Waals surface area contributed by atoms with Crippen LogP contribution in [0.4, 0.5) is 11.5 Å². The van der Waals surface area contributed by atoms with Crippen molar-refractivity contribution in [1.82, 2.24) is 15.0 Å². The van der Waals surface area contributed by atoms with Crippen LogP contribution in [0, 0.1) is 11.3 Å². The fraction of sp³-hybridized carbons (Fsp3) is 0.235.